The molecule has 1 atom stereocenters. The second kappa shape index (κ2) is 8.12. The predicted molar refractivity (Wildman–Crippen MR) is 102 cm³/mol. The molecule has 1 amide bonds. The highest BCUT2D eigenvalue weighted by Crippen LogP contribution is 2.23. The maximum atomic E-state index is 13.1. The van der Waals surface area contributed by atoms with E-state index in [1.54, 1.807) is 19.1 Å². The zero-order valence-corrected chi connectivity index (χ0v) is 15.7. The van der Waals surface area contributed by atoms with Gasteiger partial charge < -0.3 is 5.32 Å². The third kappa shape index (κ3) is 4.39. The molecule has 0 bridgehead atoms. The van der Waals surface area contributed by atoms with Crippen molar-refractivity contribution in [1.29, 1.82) is 0 Å². The fourth-order valence-corrected chi connectivity index (χ4v) is 3.03. The summed E-state index contributed by atoms with van der Waals surface area (Å²) in [6.45, 7) is 6.53. The number of benzene rings is 2. The first-order chi connectivity index (χ1) is 13.0. The fourth-order valence-electron chi connectivity index (χ4n) is 3.03. The van der Waals surface area contributed by atoms with E-state index in [1.807, 2.05) is 18.2 Å². The van der Waals surface area contributed by atoms with Crippen molar-refractivity contribution in [2.45, 2.75) is 26.7 Å². The summed E-state index contributed by atoms with van der Waals surface area (Å²) < 4.78 is 14.6. The Morgan fingerprint density at radius 1 is 1.11 bits per heavy atom. The Hall–Kier alpha value is -3.02. The predicted octanol–water partition coefficient (Wildman–Crippen LogP) is 3.88. The van der Waals surface area contributed by atoms with Crippen LogP contribution >= 0.6 is 0 Å². The van der Waals surface area contributed by atoms with Crippen LogP contribution in [0.15, 0.2) is 54.6 Å². The first kappa shape index (κ1) is 18.8. The molecule has 5 nitrogen and oxygen atoms in total. The molecule has 6 heteroatoms. The Balaban J connectivity index is 1.73. The van der Waals surface area contributed by atoms with Gasteiger partial charge in [-0.25, -0.2) is 14.1 Å². The van der Waals surface area contributed by atoms with Crippen LogP contribution in [0.2, 0.25) is 0 Å². The minimum atomic E-state index is -0.324. The van der Waals surface area contributed by atoms with Crippen molar-refractivity contribution < 1.29 is 9.18 Å². The van der Waals surface area contributed by atoms with Crippen molar-refractivity contribution in [3.63, 3.8) is 0 Å². The number of hydrogen-bond acceptors (Lipinski definition) is 3. The van der Waals surface area contributed by atoms with E-state index in [-0.39, 0.29) is 23.5 Å². The molecule has 1 N–H and O–H groups in total. The van der Waals surface area contributed by atoms with Gasteiger partial charge in [0.15, 0.2) is 0 Å². The van der Waals surface area contributed by atoms with E-state index in [4.69, 9.17) is 0 Å². The molecule has 0 aliphatic rings. The van der Waals surface area contributed by atoms with Gasteiger partial charge in [0.2, 0.25) is 5.82 Å². The molecule has 1 aromatic heterocycles. The van der Waals surface area contributed by atoms with Gasteiger partial charge in [-0.15, -0.1) is 5.10 Å². The average Bonchev–Trinajstić information content (AvgIpc) is 3.05. The van der Waals surface area contributed by atoms with Crippen LogP contribution in [0.25, 0.3) is 5.69 Å². The lowest BCUT2D eigenvalue weighted by Crippen LogP contribution is -2.31. The molecule has 0 aliphatic carbocycles. The number of aryl methyl sites for hydroxylation is 1. The number of carbonyl (C=O) groups excluding carboxylic acids is 1. The number of halogens is 1. The number of rotatable bonds is 6. The number of nitrogens with zero attached hydrogens (tertiary/aromatic N) is 3. The van der Waals surface area contributed by atoms with Crippen LogP contribution in [-0.2, 0) is 0 Å². The third-order valence-corrected chi connectivity index (χ3v) is 4.56. The lowest BCUT2D eigenvalue weighted by molar-refractivity contribution is 0.0938. The van der Waals surface area contributed by atoms with Gasteiger partial charge in [-0.2, -0.15) is 0 Å². The molecule has 1 unspecified atom stereocenters. The van der Waals surface area contributed by atoms with Crippen LogP contribution in [0.1, 0.15) is 41.8 Å². The van der Waals surface area contributed by atoms with E-state index >= 15 is 0 Å². The zero-order valence-electron chi connectivity index (χ0n) is 15.7. The Labute approximate surface area is 158 Å². The monoisotopic (exact) mass is 366 g/mol. The average molecular weight is 366 g/mol. The molecule has 0 aliphatic heterocycles. The molecule has 140 valence electrons. The molecule has 3 rings (SSSR count). The maximum Gasteiger partial charge on any atom is 0.291 e. The molecule has 1 heterocycles. The number of carbonyl (C=O) groups is 1. The number of hydrogen-bond donors (Lipinski definition) is 1. The molecular weight excluding hydrogens is 343 g/mol. The number of amides is 1. The minimum absolute atomic E-state index is 0.104. The van der Waals surface area contributed by atoms with E-state index in [1.165, 1.54) is 22.4 Å². The van der Waals surface area contributed by atoms with Gasteiger partial charge in [-0.05, 0) is 42.7 Å². The molecule has 3 aromatic rings. The summed E-state index contributed by atoms with van der Waals surface area (Å²) in [7, 11) is 0. The standard InChI is InChI=1S/C21H23FN4O/c1-14(2)19(16-7-5-4-6-8-16)13-23-21(27)20-24-15(3)26(25-20)18-11-9-17(22)10-12-18/h4-12,14,19H,13H2,1-3H3,(H,23,27). The van der Waals surface area contributed by atoms with Gasteiger partial charge in [-0.1, -0.05) is 44.2 Å². The molecule has 27 heavy (non-hydrogen) atoms. The topological polar surface area (TPSA) is 59.8 Å². The second-order valence-electron chi connectivity index (χ2n) is 6.84. The van der Waals surface area contributed by atoms with Crippen molar-refractivity contribution >= 4 is 5.91 Å². The van der Waals surface area contributed by atoms with Crippen molar-refractivity contribution in [2.75, 3.05) is 6.54 Å². The lowest BCUT2D eigenvalue weighted by atomic mass is 9.88. The number of aromatic nitrogens is 3. The van der Waals surface area contributed by atoms with Gasteiger partial charge in [0, 0.05) is 12.5 Å². The van der Waals surface area contributed by atoms with Crippen molar-refractivity contribution in [3.8, 4) is 5.69 Å². The minimum Gasteiger partial charge on any atom is -0.349 e. The quantitative estimate of drug-likeness (QED) is 0.720. The normalized spacial score (nSPS) is 12.2. The first-order valence-electron chi connectivity index (χ1n) is 8.98. The largest absolute Gasteiger partial charge is 0.349 e. The lowest BCUT2D eigenvalue weighted by Gasteiger charge is -2.21. The highest BCUT2D eigenvalue weighted by atomic mass is 19.1. The molecule has 0 saturated carbocycles. The van der Waals surface area contributed by atoms with E-state index in [9.17, 15) is 9.18 Å². The molecule has 0 saturated heterocycles. The Morgan fingerprint density at radius 3 is 2.41 bits per heavy atom. The summed E-state index contributed by atoms with van der Waals surface area (Å²) in [6, 6.07) is 16.0. The summed E-state index contributed by atoms with van der Waals surface area (Å²) in [5.74, 6) is 0.605. The van der Waals surface area contributed by atoms with Crippen molar-refractivity contribution in [3.05, 3.63) is 77.6 Å². The highest BCUT2D eigenvalue weighted by Gasteiger charge is 2.20. The van der Waals surface area contributed by atoms with Gasteiger partial charge in [0.05, 0.1) is 5.69 Å². The smallest absolute Gasteiger partial charge is 0.291 e. The van der Waals surface area contributed by atoms with Crippen LogP contribution in [0.3, 0.4) is 0 Å². The molecule has 2 aromatic carbocycles. The molecular formula is C21H23FN4O. The maximum absolute atomic E-state index is 13.1. The van der Waals surface area contributed by atoms with Gasteiger partial charge in [-0.3, -0.25) is 4.79 Å². The SMILES string of the molecule is Cc1nc(C(=O)NCC(c2ccccc2)C(C)C)nn1-c1ccc(F)cc1. The highest BCUT2D eigenvalue weighted by molar-refractivity contribution is 5.90. The Kier molecular flexibility index (Phi) is 5.64. The van der Waals surface area contributed by atoms with E-state index < -0.39 is 0 Å². The van der Waals surface area contributed by atoms with Crippen LogP contribution in [0.4, 0.5) is 4.39 Å². The van der Waals surface area contributed by atoms with Crippen molar-refractivity contribution in [2.24, 2.45) is 5.92 Å². The second-order valence-corrected chi connectivity index (χ2v) is 6.84. The van der Waals surface area contributed by atoms with E-state index in [2.05, 4.69) is 41.4 Å². The third-order valence-electron chi connectivity index (χ3n) is 4.56. The molecule has 0 radical (unpaired) electrons. The Bertz CT molecular complexity index is 904. The van der Waals surface area contributed by atoms with E-state index in [0.717, 1.165) is 0 Å². The van der Waals surface area contributed by atoms with Crippen LogP contribution in [0.5, 0.6) is 0 Å². The first-order valence-corrected chi connectivity index (χ1v) is 8.98. The zero-order chi connectivity index (χ0) is 19.4. The summed E-state index contributed by atoms with van der Waals surface area (Å²) in [6.07, 6.45) is 0. The Morgan fingerprint density at radius 2 is 1.78 bits per heavy atom. The van der Waals surface area contributed by atoms with Gasteiger partial charge in [0.1, 0.15) is 11.6 Å². The molecule has 0 fully saturated rings. The molecule has 0 spiro atoms. The van der Waals surface area contributed by atoms with Crippen LogP contribution in [-0.4, -0.2) is 27.2 Å². The van der Waals surface area contributed by atoms with Gasteiger partial charge >= 0.3 is 0 Å². The van der Waals surface area contributed by atoms with Crippen LogP contribution in [0, 0.1) is 18.7 Å². The van der Waals surface area contributed by atoms with Crippen molar-refractivity contribution in [1.82, 2.24) is 20.1 Å². The summed E-state index contributed by atoms with van der Waals surface area (Å²) >= 11 is 0. The summed E-state index contributed by atoms with van der Waals surface area (Å²) in [5.41, 5.74) is 1.85. The van der Waals surface area contributed by atoms with Crippen LogP contribution < -0.4 is 5.32 Å². The number of nitrogens with one attached hydrogen (secondary N) is 1. The van der Waals surface area contributed by atoms with E-state index in [0.29, 0.717) is 24.0 Å². The summed E-state index contributed by atoms with van der Waals surface area (Å²) in [5, 5.41) is 7.22. The van der Waals surface area contributed by atoms with Gasteiger partial charge in [0.25, 0.3) is 5.91 Å². The fraction of sp³-hybridized carbons (Fsp3) is 0.286. The summed E-state index contributed by atoms with van der Waals surface area (Å²) in [4.78, 5) is 16.8.